The Morgan fingerprint density at radius 1 is 1.21 bits per heavy atom. The minimum Gasteiger partial charge on any atom is -0.497 e. The number of tetrazole rings is 1. The van der Waals surface area contributed by atoms with Crippen molar-refractivity contribution in [1.29, 1.82) is 0 Å². The Labute approximate surface area is 138 Å². The molecule has 24 heavy (non-hydrogen) atoms. The quantitative estimate of drug-likeness (QED) is 0.729. The Bertz CT molecular complexity index is 859. The van der Waals surface area contributed by atoms with Crippen LogP contribution in [0.15, 0.2) is 60.9 Å². The van der Waals surface area contributed by atoms with Gasteiger partial charge in [-0.05, 0) is 52.4 Å². The van der Waals surface area contributed by atoms with Crippen molar-refractivity contribution in [2.75, 3.05) is 12.4 Å². The van der Waals surface area contributed by atoms with Gasteiger partial charge in [-0.1, -0.05) is 18.2 Å². The highest BCUT2D eigenvalue weighted by atomic mass is 16.5. The van der Waals surface area contributed by atoms with E-state index in [4.69, 9.17) is 4.74 Å². The summed E-state index contributed by atoms with van der Waals surface area (Å²) in [6, 6.07) is 14.7. The number of ether oxygens (including phenoxy) is 1. The predicted octanol–water partition coefficient (Wildman–Crippen LogP) is 2.32. The lowest BCUT2D eigenvalue weighted by Gasteiger charge is -2.05. The van der Waals surface area contributed by atoms with Crippen LogP contribution in [-0.4, -0.2) is 33.2 Å². The summed E-state index contributed by atoms with van der Waals surface area (Å²) in [4.78, 5) is 12.1. The first-order chi connectivity index (χ1) is 11.7. The van der Waals surface area contributed by atoms with Gasteiger partial charge in [-0.3, -0.25) is 4.79 Å². The van der Waals surface area contributed by atoms with Gasteiger partial charge in [0.2, 0.25) is 5.91 Å². The summed E-state index contributed by atoms with van der Waals surface area (Å²) in [6.07, 6.45) is 4.69. The van der Waals surface area contributed by atoms with Crippen molar-refractivity contribution in [3.8, 4) is 11.4 Å². The van der Waals surface area contributed by atoms with E-state index in [2.05, 4.69) is 20.8 Å². The molecule has 2 aromatic carbocycles. The molecule has 0 unspecified atom stereocenters. The lowest BCUT2D eigenvalue weighted by Crippen LogP contribution is -2.08. The molecule has 0 aliphatic heterocycles. The van der Waals surface area contributed by atoms with E-state index >= 15 is 0 Å². The highest BCUT2D eigenvalue weighted by molar-refractivity contribution is 6.02. The third kappa shape index (κ3) is 3.83. The lowest BCUT2D eigenvalue weighted by molar-refractivity contribution is -0.111. The van der Waals surface area contributed by atoms with E-state index in [1.807, 2.05) is 36.4 Å². The maximum Gasteiger partial charge on any atom is 0.248 e. The number of hydrogen-bond donors (Lipinski definition) is 1. The summed E-state index contributed by atoms with van der Waals surface area (Å²) in [5, 5.41) is 13.8. The minimum atomic E-state index is -0.230. The second-order valence-corrected chi connectivity index (χ2v) is 4.90. The number of carbonyl (C=O) groups is 1. The van der Waals surface area contributed by atoms with Crippen molar-refractivity contribution >= 4 is 17.7 Å². The average Bonchev–Trinajstić information content (AvgIpc) is 3.15. The van der Waals surface area contributed by atoms with Crippen molar-refractivity contribution in [3.63, 3.8) is 0 Å². The van der Waals surface area contributed by atoms with Crippen LogP contribution in [-0.2, 0) is 4.79 Å². The van der Waals surface area contributed by atoms with Gasteiger partial charge in [0.15, 0.2) is 0 Å². The highest BCUT2D eigenvalue weighted by Crippen LogP contribution is 2.15. The van der Waals surface area contributed by atoms with Gasteiger partial charge >= 0.3 is 0 Å². The van der Waals surface area contributed by atoms with Gasteiger partial charge in [-0.2, -0.15) is 0 Å². The molecule has 3 rings (SSSR count). The first-order valence-electron chi connectivity index (χ1n) is 7.21. The second kappa shape index (κ2) is 7.19. The Hall–Kier alpha value is -3.48. The zero-order valence-electron chi connectivity index (χ0n) is 13.0. The van der Waals surface area contributed by atoms with E-state index in [0.29, 0.717) is 5.69 Å². The Morgan fingerprint density at radius 2 is 2.08 bits per heavy atom. The summed E-state index contributed by atoms with van der Waals surface area (Å²) in [5.74, 6) is 0.512. The van der Waals surface area contributed by atoms with Crippen molar-refractivity contribution in [1.82, 2.24) is 20.2 Å². The summed E-state index contributed by atoms with van der Waals surface area (Å²) < 4.78 is 6.67. The molecule has 1 heterocycles. The van der Waals surface area contributed by atoms with Crippen LogP contribution in [0.4, 0.5) is 5.69 Å². The molecule has 0 atom stereocenters. The summed E-state index contributed by atoms with van der Waals surface area (Å²) in [6.45, 7) is 0. The van der Waals surface area contributed by atoms with Crippen molar-refractivity contribution < 1.29 is 9.53 Å². The van der Waals surface area contributed by atoms with Crippen molar-refractivity contribution in [2.24, 2.45) is 0 Å². The predicted molar refractivity (Wildman–Crippen MR) is 89.8 cm³/mol. The number of anilines is 1. The van der Waals surface area contributed by atoms with Crippen LogP contribution in [0.25, 0.3) is 11.8 Å². The molecule has 0 spiro atoms. The number of benzene rings is 2. The molecule has 0 aliphatic rings. The normalized spacial score (nSPS) is 10.7. The van der Waals surface area contributed by atoms with E-state index in [1.165, 1.54) is 17.1 Å². The largest absolute Gasteiger partial charge is 0.497 e. The van der Waals surface area contributed by atoms with Crippen molar-refractivity contribution in [3.05, 3.63) is 66.5 Å². The molecule has 1 N–H and O–H groups in total. The molecular formula is C17H15N5O2. The number of amides is 1. The fourth-order valence-electron chi connectivity index (χ4n) is 2.11. The highest BCUT2D eigenvalue weighted by Gasteiger charge is 2.02. The van der Waals surface area contributed by atoms with E-state index in [-0.39, 0.29) is 5.91 Å². The number of carbonyl (C=O) groups excluding carboxylic acids is 1. The molecule has 7 nitrogen and oxygen atoms in total. The van der Waals surface area contributed by atoms with Crippen LogP contribution < -0.4 is 10.1 Å². The van der Waals surface area contributed by atoms with Crippen LogP contribution in [0.3, 0.4) is 0 Å². The number of rotatable bonds is 5. The van der Waals surface area contributed by atoms with E-state index in [9.17, 15) is 4.79 Å². The van der Waals surface area contributed by atoms with Gasteiger partial charge in [-0.25, -0.2) is 4.68 Å². The molecule has 3 aromatic rings. The number of aromatic nitrogens is 4. The van der Waals surface area contributed by atoms with Gasteiger partial charge < -0.3 is 10.1 Å². The third-order valence-corrected chi connectivity index (χ3v) is 3.25. The van der Waals surface area contributed by atoms with E-state index in [0.717, 1.165) is 17.0 Å². The van der Waals surface area contributed by atoms with Crippen LogP contribution in [0, 0.1) is 0 Å². The fraction of sp³-hybridized carbons (Fsp3) is 0.0588. The number of methoxy groups -OCH3 is 1. The molecule has 7 heteroatoms. The van der Waals surface area contributed by atoms with Gasteiger partial charge in [-0.15, -0.1) is 5.10 Å². The third-order valence-electron chi connectivity index (χ3n) is 3.25. The number of hydrogen-bond acceptors (Lipinski definition) is 5. The van der Waals surface area contributed by atoms with E-state index in [1.54, 1.807) is 25.3 Å². The molecule has 1 aromatic heterocycles. The number of nitrogens with one attached hydrogen (secondary N) is 1. The maximum atomic E-state index is 12.1. The molecular weight excluding hydrogens is 306 g/mol. The first-order valence-corrected chi connectivity index (χ1v) is 7.21. The monoisotopic (exact) mass is 321 g/mol. The SMILES string of the molecule is COc1cccc(/C=C/C(=O)Nc2cccc(-n3cnnn3)c2)c1. The van der Waals surface area contributed by atoms with E-state index < -0.39 is 0 Å². The summed E-state index contributed by atoms with van der Waals surface area (Å²) in [5.41, 5.74) is 2.30. The van der Waals surface area contributed by atoms with Crippen molar-refractivity contribution in [2.45, 2.75) is 0 Å². The van der Waals surface area contributed by atoms with Crippen LogP contribution in [0.2, 0.25) is 0 Å². The molecule has 120 valence electrons. The first kappa shape index (κ1) is 15.4. The molecule has 0 saturated heterocycles. The molecule has 0 radical (unpaired) electrons. The summed E-state index contributed by atoms with van der Waals surface area (Å²) >= 11 is 0. The Kier molecular flexibility index (Phi) is 4.62. The van der Waals surface area contributed by atoms with Gasteiger partial charge in [0, 0.05) is 11.8 Å². The molecule has 0 saturated carbocycles. The molecule has 0 fully saturated rings. The molecule has 1 amide bonds. The van der Waals surface area contributed by atoms with Crippen LogP contribution in [0.1, 0.15) is 5.56 Å². The zero-order valence-corrected chi connectivity index (χ0v) is 13.0. The van der Waals surface area contributed by atoms with Crippen LogP contribution in [0.5, 0.6) is 5.75 Å². The smallest absolute Gasteiger partial charge is 0.248 e. The Balaban J connectivity index is 1.68. The lowest BCUT2D eigenvalue weighted by atomic mass is 10.2. The molecule has 0 aliphatic carbocycles. The molecule has 0 bridgehead atoms. The van der Waals surface area contributed by atoms with Gasteiger partial charge in [0.25, 0.3) is 0 Å². The van der Waals surface area contributed by atoms with Crippen LogP contribution >= 0.6 is 0 Å². The Morgan fingerprint density at radius 3 is 2.88 bits per heavy atom. The van der Waals surface area contributed by atoms with Gasteiger partial charge in [0.1, 0.15) is 12.1 Å². The van der Waals surface area contributed by atoms with Gasteiger partial charge in [0.05, 0.1) is 12.8 Å². The average molecular weight is 321 g/mol. The zero-order chi connectivity index (χ0) is 16.8. The minimum absolute atomic E-state index is 0.230. The topological polar surface area (TPSA) is 81.9 Å². The second-order valence-electron chi connectivity index (χ2n) is 4.90. The standard InChI is InChI=1S/C17H15N5O2/c1-24-16-7-2-4-13(10-16)8-9-17(23)19-14-5-3-6-15(11-14)22-12-18-20-21-22/h2-12H,1H3,(H,19,23)/b9-8+. The fourth-order valence-corrected chi connectivity index (χ4v) is 2.11. The number of nitrogens with zero attached hydrogens (tertiary/aromatic N) is 4. The maximum absolute atomic E-state index is 12.1. The summed E-state index contributed by atoms with van der Waals surface area (Å²) in [7, 11) is 1.60.